The topological polar surface area (TPSA) is 60.2 Å². The summed E-state index contributed by atoms with van der Waals surface area (Å²) in [6, 6.07) is 19.1. The first-order valence-electron chi connectivity index (χ1n) is 9.37. The maximum absolute atomic E-state index is 11.5. The highest BCUT2D eigenvalue weighted by Gasteiger charge is 2.11. The predicted octanol–water partition coefficient (Wildman–Crippen LogP) is 6.47. The number of benzene rings is 4. The summed E-state index contributed by atoms with van der Waals surface area (Å²) >= 11 is 11.8. The fraction of sp³-hybridized carbons (Fsp3) is 0.167. The molecule has 4 aromatic rings. The van der Waals surface area contributed by atoms with Crippen LogP contribution in [-0.2, 0) is 16.4 Å². The van der Waals surface area contributed by atoms with E-state index in [9.17, 15) is 8.42 Å². The summed E-state index contributed by atoms with van der Waals surface area (Å²) in [4.78, 5) is 0.363. The average molecular weight is 460 g/mol. The molecule has 0 amide bonds. The Morgan fingerprint density at radius 1 is 0.733 bits per heavy atom. The van der Waals surface area contributed by atoms with Crippen LogP contribution in [-0.4, -0.2) is 14.7 Å². The molecule has 6 heteroatoms. The highest BCUT2D eigenvalue weighted by Crippen LogP contribution is 2.26. The van der Waals surface area contributed by atoms with Crippen molar-refractivity contribution in [2.75, 3.05) is 6.26 Å². The number of sulfone groups is 1. The van der Waals surface area contributed by atoms with Crippen molar-refractivity contribution in [2.24, 2.45) is 5.73 Å². The smallest absolute Gasteiger partial charge is 0.175 e. The van der Waals surface area contributed by atoms with Crippen LogP contribution in [0.25, 0.3) is 21.5 Å². The molecule has 0 atom stereocenters. The minimum absolute atomic E-state index is 0.363. The number of fused-ring (bicyclic) bond motifs is 2. The number of hydrogen-bond acceptors (Lipinski definition) is 3. The van der Waals surface area contributed by atoms with Gasteiger partial charge in [0.1, 0.15) is 0 Å². The highest BCUT2D eigenvalue weighted by atomic mass is 35.5. The lowest BCUT2D eigenvalue weighted by atomic mass is 10.0. The molecular weight excluding hydrogens is 437 g/mol. The highest BCUT2D eigenvalue weighted by molar-refractivity contribution is 7.90. The molecule has 4 rings (SSSR count). The van der Waals surface area contributed by atoms with E-state index in [-0.39, 0.29) is 0 Å². The van der Waals surface area contributed by atoms with Crippen molar-refractivity contribution < 1.29 is 8.42 Å². The van der Waals surface area contributed by atoms with Crippen LogP contribution in [0.2, 0.25) is 10.0 Å². The second-order valence-electron chi connectivity index (χ2n) is 7.36. The molecule has 0 fully saturated rings. The molecule has 30 heavy (non-hydrogen) atoms. The van der Waals surface area contributed by atoms with Crippen LogP contribution in [0.3, 0.4) is 0 Å². The van der Waals surface area contributed by atoms with Gasteiger partial charge in [-0.3, -0.25) is 0 Å². The molecule has 0 aliphatic carbocycles. The Bertz CT molecular complexity index is 1350. The van der Waals surface area contributed by atoms with Crippen LogP contribution >= 0.6 is 23.2 Å². The minimum Gasteiger partial charge on any atom is -0.326 e. The van der Waals surface area contributed by atoms with Crippen LogP contribution in [0.15, 0.2) is 65.6 Å². The molecule has 0 aromatic heterocycles. The number of aryl methyl sites for hydroxylation is 2. The van der Waals surface area contributed by atoms with Crippen LogP contribution in [0, 0.1) is 13.8 Å². The van der Waals surface area contributed by atoms with Gasteiger partial charge in [0.05, 0.1) is 4.90 Å². The van der Waals surface area contributed by atoms with Gasteiger partial charge < -0.3 is 5.73 Å². The van der Waals surface area contributed by atoms with E-state index in [2.05, 4.69) is 19.1 Å². The summed E-state index contributed by atoms with van der Waals surface area (Å²) in [5.41, 5.74) is 8.83. The quantitative estimate of drug-likeness (QED) is 0.373. The molecule has 0 radical (unpaired) electrons. The Morgan fingerprint density at radius 2 is 1.23 bits per heavy atom. The summed E-state index contributed by atoms with van der Waals surface area (Å²) in [7, 11) is -3.18. The van der Waals surface area contributed by atoms with Gasteiger partial charge in [0.2, 0.25) is 0 Å². The van der Waals surface area contributed by atoms with Crippen molar-refractivity contribution in [3.8, 4) is 0 Å². The monoisotopic (exact) mass is 459 g/mol. The summed E-state index contributed by atoms with van der Waals surface area (Å²) in [6.07, 6.45) is 1.21. The molecule has 0 aliphatic rings. The van der Waals surface area contributed by atoms with Gasteiger partial charge in [-0.2, -0.15) is 0 Å². The maximum Gasteiger partial charge on any atom is 0.175 e. The molecule has 3 nitrogen and oxygen atoms in total. The molecule has 4 aromatic carbocycles. The third kappa shape index (κ3) is 5.13. The van der Waals surface area contributed by atoms with Gasteiger partial charge in [-0.15, -0.1) is 0 Å². The Hall–Kier alpha value is -2.11. The van der Waals surface area contributed by atoms with E-state index in [0.717, 1.165) is 26.7 Å². The Kier molecular flexibility index (Phi) is 6.73. The van der Waals surface area contributed by atoms with Gasteiger partial charge in [-0.1, -0.05) is 47.5 Å². The van der Waals surface area contributed by atoms with Crippen LogP contribution in [0.5, 0.6) is 0 Å². The molecule has 0 saturated carbocycles. The zero-order valence-corrected chi connectivity index (χ0v) is 19.4. The lowest BCUT2D eigenvalue weighted by Crippen LogP contribution is -1.99. The van der Waals surface area contributed by atoms with Gasteiger partial charge >= 0.3 is 0 Å². The molecule has 156 valence electrons. The molecule has 0 spiro atoms. The number of rotatable bonds is 2. The Morgan fingerprint density at radius 3 is 1.73 bits per heavy atom. The van der Waals surface area contributed by atoms with E-state index in [4.69, 9.17) is 28.9 Å². The average Bonchev–Trinajstić information content (AvgIpc) is 2.67. The second-order valence-corrected chi connectivity index (χ2v) is 10.2. The van der Waals surface area contributed by atoms with Crippen molar-refractivity contribution in [2.45, 2.75) is 25.3 Å². The SMILES string of the molecule is Cc1cc2ccc(Cl)cc2cc1CN.Cc1cc2ccc(Cl)cc2cc1S(C)(=O)=O. The normalized spacial score (nSPS) is 11.4. The van der Waals surface area contributed by atoms with E-state index in [1.807, 2.05) is 30.3 Å². The number of nitrogens with two attached hydrogens (primary N) is 1. The summed E-state index contributed by atoms with van der Waals surface area (Å²) in [5.74, 6) is 0. The van der Waals surface area contributed by atoms with Crippen LogP contribution < -0.4 is 5.73 Å². The molecule has 0 aliphatic heterocycles. The first-order chi connectivity index (χ1) is 14.1. The Labute approximate surface area is 187 Å². The van der Waals surface area contributed by atoms with Gasteiger partial charge in [-0.25, -0.2) is 8.42 Å². The third-order valence-corrected chi connectivity index (χ3v) is 6.68. The zero-order valence-electron chi connectivity index (χ0n) is 17.0. The maximum atomic E-state index is 11.5. The van der Waals surface area contributed by atoms with E-state index in [0.29, 0.717) is 16.5 Å². The summed E-state index contributed by atoms with van der Waals surface area (Å²) < 4.78 is 23.1. The molecule has 0 bridgehead atoms. The lowest BCUT2D eigenvalue weighted by molar-refractivity contribution is 0.601. The van der Waals surface area contributed by atoms with Crippen molar-refractivity contribution in [3.05, 3.63) is 87.4 Å². The third-order valence-electron chi connectivity index (χ3n) is 4.97. The second kappa shape index (κ2) is 8.94. The minimum atomic E-state index is -3.18. The van der Waals surface area contributed by atoms with E-state index in [1.54, 1.807) is 25.1 Å². The van der Waals surface area contributed by atoms with Crippen LogP contribution in [0.4, 0.5) is 0 Å². The predicted molar refractivity (Wildman–Crippen MR) is 128 cm³/mol. The summed E-state index contributed by atoms with van der Waals surface area (Å²) in [6.45, 7) is 4.45. The number of hydrogen-bond donors (Lipinski definition) is 1. The van der Waals surface area contributed by atoms with E-state index >= 15 is 0 Å². The van der Waals surface area contributed by atoms with Gasteiger partial charge in [0, 0.05) is 22.8 Å². The molecule has 0 heterocycles. The molecular formula is C24H23Cl2NO2S. The van der Waals surface area contributed by atoms with Crippen molar-refractivity contribution in [3.63, 3.8) is 0 Å². The van der Waals surface area contributed by atoms with Crippen molar-refractivity contribution in [1.29, 1.82) is 0 Å². The molecule has 0 unspecified atom stereocenters. The van der Waals surface area contributed by atoms with Crippen LogP contribution in [0.1, 0.15) is 16.7 Å². The zero-order chi connectivity index (χ0) is 22.1. The van der Waals surface area contributed by atoms with Gasteiger partial charge in [0.15, 0.2) is 9.84 Å². The fourth-order valence-electron chi connectivity index (χ4n) is 3.41. The first kappa shape index (κ1) is 22.6. The first-order valence-corrected chi connectivity index (χ1v) is 12.0. The van der Waals surface area contributed by atoms with E-state index < -0.39 is 9.84 Å². The van der Waals surface area contributed by atoms with Crippen molar-refractivity contribution in [1.82, 2.24) is 0 Å². The Balaban J connectivity index is 0.000000172. The standard InChI is InChI=1S/C12H12ClN.C12H11ClO2S/c1-8-4-9-2-3-12(13)6-10(9)5-11(8)7-14;1-8-5-9-3-4-11(13)6-10(9)7-12(8)16(2,14)15/h2-6H,7,14H2,1H3;3-7H,1-2H3. The largest absolute Gasteiger partial charge is 0.326 e. The number of halogens is 2. The molecule has 2 N–H and O–H groups in total. The fourth-order valence-corrected chi connectivity index (χ4v) is 4.76. The molecule has 0 saturated heterocycles. The van der Waals surface area contributed by atoms with E-state index in [1.165, 1.54) is 22.8 Å². The lowest BCUT2D eigenvalue weighted by Gasteiger charge is -2.06. The van der Waals surface area contributed by atoms with Gasteiger partial charge in [-0.05, 0) is 88.5 Å². The van der Waals surface area contributed by atoms with Gasteiger partial charge in [0.25, 0.3) is 0 Å². The summed E-state index contributed by atoms with van der Waals surface area (Å²) in [5, 5.41) is 5.58. The van der Waals surface area contributed by atoms with Crippen molar-refractivity contribution >= 4 is 54.6 Å².